The van der Waals surface area contributed by atoms with E-state index in [1.54, 1.807) is 12.4 Å². The van der Waals surface area contributed by atoms with Crippen LogP contribution in [0.1, 0.15) is 36.1 Å². The number of nitrogens with zero attached hydrogens (tertiary/aromatic N) is 1. The minimum atomic E-state index is -0.198. The zero-order valence-electron chi connectivity index (χ0n) is 10.4. The van der Waals surface area contributed by atoms with E-state index in [4.69, 9.17) is 17.3 Å². The van der Waals surface area contributed by atoms with Crippen molar-refractivity contribution in [1.29, 1.82) is 0 Å². The minimum Gasteiger partial charge on any atom is -0.320 e. The van der Waals surface area contributed by atoms with Gasteiger partial charge in [0.25, 0.3) is 0 Å². The molecular formula is C15H17ClN2. The Balaban J connectivity index is 2.23. The summed E-state index contributed by atoms with van der Waals surface area (Å²) in [7, 11) is 0. The van der Waals surface area contributed by atoms with E-state index in [-0.39, 0.29) is 6.04 Å². The van der Waals surface area contributed by atoms with Gasteiger partial charge < -0.3 is 5.73 Å². The maximum atomic E-state index is 6.23. The van der Waals surface area contributed by atoms with Gasteiger partial charge in [0.05, 0.1) is 11.1 Å². The highest BCUT2D eigenvalue weighted by molar-refractivity contribution is 6.31. The Bertz CT molecular complexity index is 508. The van der Waals surface area contributed by atoms with Gasteiger partial charge in [0.2, 0.25) is 0 Å². The maximum Gasteiger partial charge on any atom is 0.0640 e. The highest BCUT2D eigenvalue weighted by atomic mass is 35.5. The third-order valence-corrected chi connectivity index (χ3v) is 3.33. The van der Waals surface area contributed by atoms with Crippen LogP contribution in [-0.2, 0) is 6.42 Å². The summed E-state index contributed by atoms with van der Waals surface area (Å²) in [6, 6.07) is 10.1. The SMILES string of the molecule is CCCc1ccc(C(N)c2ccncc2Cl)cc1. The summed E-state index contributed by atoms with van der Waals surface area (Å²) in [5.74, 6) is 0. The predicted molar refractivity (Wildman–Crippen MR) is 75.7 cm³/mol. The number of benzene rings is 1. The summed E-state index contributed by atoms with van der Waals surface area (Å²) < 4.78 is 0. The highest BCUT2D eigenvalue weighted by Gasteiger charge is 2.11. The molecule has 0 saturated heterocycles. The van der Waals surface area contributed by atoms with Gasteiger partial charge in [0, 0.05) is 12.4 Å². The van der Waals surface area contributed by atoms with Crippen LogP contribution in [0.15, 0.2) is 42.7 Å². The fourth-order valence-electron chi connectivity index (χ4n) is 2.00. The average Bonchev–Trinajstić information content (AvgIpc) is 2.40. The van der Waals surface area contributed by atoms with E-state index >= 15 is 0 Å². The van der Waals surface area contributed by atoms with E-state index in [2.05, 4.69) is 36.2 Å². The smallest absolute Gasteiger partial charge is 0.0640 e. The van der Waals surface area contributed by atoms with E-state index in [1.807, 2.05) is 6.07 Å². The molecule has 1 atom stereocenters. The van der Waals surface area contributed by atoms with Crippen LogP contribution >= 0.6 is 11.6 Å². The van der Waals surface area contributed by atoms with E-state index in [1.165, 1.54) is 5.56 Å². The summed E-state index contributed by atoms with van der Waals surface area (Å²) in [4.78, 5) is 3.97. The molecule has 0 aliphatic heterocycles. The number of pyridine rings is 1. The second kappa shape index (κ2) is 5.98. The topological polar surface area (TPSA) is 38.9 Å². The Hall–Kier alpha value is -1.38. The molecule has 0 spiro atoms. The first-order chi connectivity index (χ1) is 8.72. The second-order valence-electron chi connectivity index (χ2n) is 4.37. The van der Waals surface area contributed by atoms with E-state index in [0.29, 0.717) is 5.02 Å². The first-order valence-electron chi connectivity index (χ1n) is 6.16. The Morgan fingerprint density at radius 2 is 1.94 bits per heavy atom. The molecule has 1 unspecified atom stereocenters. The molecule has 2 aromatic rings. The summed E-state index contributed by atoms with van der Waals surface area (Å²) in [5.41, 5.74) is 9.55. The number of halogens is 1. The molecule has 3 heteroatoms. The molecular weight excluding hydrogens is 244 g/mol. The van der Waals surface area contributed by atoms with Crippen LogP contribution < -0.4 is 5.73 Å². The number of nitrogens with two attached hydrogens (primary N) is 1. The van der Waals surface area contributed by atoms with Crippen molar-refractivity contribution in [2.45, 2.75) is 25.8 Å². The van der Waals surface area contributed by atoms with E-state index in [9.17, 15) is 0 Å². The number of hydrogen-bond donors (Lipinski definition) is 1. The molecule has 0 aliphatic rings. The molecule has 1 aromatic carbocycles. The van der Waals surface area contributed by atoms with E-state index in [0.717, 1.165) is 24.0 Å². The van der Waals surface area contributed by atoms with Crippen LogP contribution in [0, 0.1) is 0 Å². The predicted octanol–water partition coefficient (Wildman–Crippen LogP) is 3.74. The lowest BCUT2D eigenvalue weighted by Gasteiger charge is -2.14. The normalized spacial score (nSPS) is 12.4. The van der Waals surface area contributed by atoms with Gasteiger partial charge in [-0.05, 0) is 29.2 Å². The number of aromatic nitrogens is 1. The van der Waals surface area contributed by atoms with Crippen molar-refractivity contribution in [3.8, 4) is 0 Å². The molecule has 0 radical (unpaired) electrons. The van der Waals surface area contributed by atoms with Gasteiger partial charge in [-0.3, -0.25) is 4.98 Å². The fourth-order valence-corrected chi connectivity index (χ4v) is 2.23. The molecule has 2 nitrogen and oxygen atoms in total. The van der Waals surface area contributed by atoms with Crippen molar-refractivity contribution in [3.05, 3.63) is 64.4 Å². The lowest BCUT2D eigenvalue weighted by molar-refractivity contribution is 0.862. The number of hydrogen-bond acceptors (Lipinski definition) is 2. The monoisotopic (exact) mass is 260 g/mol. The Morgan fingerprint density at radius 3 is 2.56 bits per heavy atom. The first-order valence-corrected chi connectivity index (χ1v) is 6.54. The van der Waals surface area contributed by atoms with Gasteiger partial charge >= 0.3 is 0 Å². The Labute approximate surface area is 113 Å². The lowest BCUT2D eigenvalue weighted by Crippen LogP contribution is -2.12. The van der Waals surface area contributed by atoms with Gasteiger partial charge in [-0.1, -0.05) is 49.2 Å². The maximum absolute atomic E-state index is 6.23. The Kier molecular flexibility index (Phi) is 4.34. The molecule has 2 rings (SSSR count). The van der Waals surface area contributed by atoms with Crippen molar-refractivity contribution >= 4 is 11.6 Å². The van der Waals surface area contributed by atoms with Crippen LogP contribution in [0.5, 0.6) is 0 Å². The van der Waals surface area contributed by atoms with Crippen molar-refractivity contribution in [2.24, 2.45) is 5.73 Å². The van der Waals surface area contributed by atoms with Gasteiger partial charge in [-0.25, -0.2) is 0 Å². The minimum absolute atomic E-state index is 0.198. The molecule has 1 heterocycles. The Morgan fingerprint density at radius 1 is 1.22 bits per heavy atom. The lowest BCUT2D eigenvalue weighted by atomic mass is 9.98. The van der Waals surface area contributed by atoms with Gasteiger partial charge in [-0.2, -0.15) is 0 Å². The largest absolute Gasteiger partial charge is 0.320 e. The van der Waals surface area contributed by atoms with Crippen molar-refractivity contribution < 1.29 is 0 Å². The highest BCUT2D eigenvalue weighted by Crippen LogP contribution is 2.25. The molecule has 18 heavy (non-hydrogen) atoms. The summed E-state index contributed by atoms with van der Waals surface area (Å²) in [5, 5.41) is 0.614. The summed E-state index contributed by atoms with van der Waals surface area (Å²) in [6.45, 7) is 2.18. The summed E-state index contributed by atoms with van der Waals surface area (Å²) >= 11 is 6.11. The molecule has 1 aromatic heterocycles. The third kappa shape index (κ3) is 2.89. The van der Waals surface area contributed by atoms with Crippen molar-refractivity contribution in [1.82, 2.24) is 4.98 Å². The van der Waals surface area contributed by atoms with E-state index < -0.39 is 0 Å². The molecule has 0 aliphatic carbocycles. The van der Waals surface area contributed by atoms with Crippen LogP contribution in [0.4, 0.5) is 0 Å². The average molecular weight is 261 g/mol. The van der Waals surface area contributed by atoms with Crippen LogP contribution in [0.25, 0.3) is 0 Å². The quantitative estimate of drug-likeness (QED) is 0.910. The number of aryl methyl sites for hydroxylation is 1. The standard InChI is InChI=1S/C15H17ClN2/c1-2-3-11-4-6-12(7-5-11)15(17)13-8-9-18-10-14(13)16/h4-10,15H,2-3,17H2,1H3. The first kappa shape index (κ1) is 13.1. The van der Waals surface area contributed by atoms with Crippen molar-refractivity contribution in [3.63, 3.8) is 0 Å². The molecule has 0 bridgehead atoms. The van der Waals surface area contributed by atoms with Gasteiger partial charge in [0.15, 0.2) is 0 Å². The fraction of sp³-hybridized carbons (Fsp3) is 0.267. The molecule has 0 saturated carbocycles. The summed E-state index contributed by atoms with van der Waals surface area (Å²) in [6.07, 6.45) is 5.60. The van der Waals surface area contributed by atoms with Gasteiger partial charge in [0.1, 0.15) is 0 Å². The zero-order chi connectivity index (χ0) is 13.0. The van der Waals surface area contributed by atoms with Crippen LogP contribution in [0.3, 0.4) is 0 Å². The van der Waals surface area contributed by atoms with Gasteiger partial charge in [-0.15, -0.1) is 0 Å². The zero-order valence-corrected chi connectivity index (χ0v) is 11.2. The molecule has 2 N–H and O–H groups in total. The molecule has 0 amide bonds. The second-order valence-corrected chi connectivity index (χ2v) is 4.77. The molecule has 94 valence electrons. The number of rotatable bonds is 4. The third-order valence-electron chi connectivity index (χ3n) is 3.02. The molecule has 0 fully saturated rings. The van der Waals surface area contributed by atoms with Crippen LogP contribution in [0.2, 0.25) is 5.02 Å². The van der Waals surface area contributed by atoms with Crippen LogP contribution in [-0.4, -0.2) is 4.98 Å². The van der Waals surface area contributed by atoms with Crippen molar-refractivity contribution in [2.75, 3.05) is 0 Å².